The van der Waals surface area contributed by atoms with Crippen molar-refractivity contribution < 1.29 is 37.3 Å². The Morgan fingerprint density at radius 1 is 0.500 bits per heavy atom. The summed E-state index contributed by atoms with van der Waals surface area (Å²) >= 11 is 0. The Bertz CT molecular complexity index is 1560. The summed E-state index contributed by atoms with van der Waals surface area (Å²) in [6.07, 6.45) is 68.4. The molecule has 0 bridgehead atoms. The molecule has 10 heteroatoms. The average molecular weight is 1030 g/mol. The molecule has 0 fully saturated rings. The minimum Gasteiger partial charge on any atom is -0.456 e. The van der Waals surface area contributed by atoms with E-state index in [1.54, 1.807) is 0 Å². The highest BCUT2D eigenvalue weighted by Gasteiger charge is 2.30. The fourth-order valence-electron chi connectivity index (χ4n) is 7.76. The second kappa shape index (κ2) is 51.4. The van der Waals surface area contributed by atoms with Gasteiger partial charge in [-0.1, -0.05) is 208 Å². The van der Waals surface area contributed by atoms with E-state index in [0.29, 0.717) is 23.9 Å². The van der Waals surface area contributed by atoms with Crippen molar-refractivity contribution in [2.24, 2.45) is 0 Å². The SMILES string of the molecule is CC/C=C\C/C=C\C/C=C\C/C=C\C/C=C\C/C=C\CCCCC(=O)NC(COP(=O)(O)OCC[N+](C)(C)C)C(/C=C\CCCCCCCCCCC)OC(=O)CCCCC/C=C\CCCCCCCCC. The van der Waals surface area contributed by atoms with E-state index in [1.165, 1.54) is 89.9 Å². The van der Waals surface area contributed by atoms with Gasteiger partial charge in [-0.25, -0.2) is 4.57 Å². The number of hydrogen-bond acceptors (Lipinski definition) is 6. The molecule has 0 aliphatic heterocycles. The zero-order chi connectivity index (χ0) is 52.9. The lowest BCUT2D eigenvalue weighted by molar-refractivity contribution is -0.870. The highest BCUT2D eigenvalue weighted by atomic mass is 31.2. The Labute approximate surface area is 443 Å². The van der Waals surface area contributed by atoms with E-state index < -0.39 is 20.0 Å². The van der Waals surface area contributed by atoms with Gasteiger partial charge in [-0.15, -0.1) is 0 Å². The molecule has 0 spiro atoms. The van der Waals surface area contributed by atoms with E-state index in [4.69, 9.17) is 13.8 Å². The Balaban J connectivity index is 5.39. The fourth-order valence-corrected chi connectivity index (χ4v) is 8.50. The number of allylic oxidation sites excluding steroid dienone is 15. The minimum absolute atomic E-state index is 0.0249. The number of esters is 1. The molecule has 1 amide bonds. The number of phosphoric acid groups is 1. The van der Waals surface area contributed by atoms with Crippen LogP contribution in [0.3, 0.4) is 0 Å². The third-order valence-corrected chi connectivity index (χ3v) is 13.2. The molecule has 0 aliphatic carbocycles. The van der Waals surface area contributed by atoms with Gasteiger partial charge in [0, 0.05) is 12.8 Å². The van der Waals surface area contributed by atoms with E-state index in [0.717, 1.165) is 96.3 Å². The molecule has 0 rings (SSSR count). The summed E-state index contributed by atoms with van der Waals surface area (Å²) in [5, 5.41) is 3.02. The van der Waals surface area contributed by atoms with Gasteiger partial charge in [0.1, 0.15) is 19.3 Å². The number of carbonyl (C=O) groups excluding carboxylic acids is 2. The topological polar surface area (TPSA) is 111 Å². The second-order valence-electron chi connectivity index (χ2n) is 20.4. The van der Waals surface area contributed by atoms with Gasteiger partial charge < -0.3 is 19.4 Å². The van der Waals surface area contributed by atoms with E-state index >= 15 is 0 Å². The molecule has 9 nitrogen and oxygen atoms in total. The molecule has 0 aromatic carbocycles. The van der Waals surface area contributed by atoms with Crippen LogP contribution < -0.4 is 5.32 Å². The molecular formula is C62H110N2O7P+. The van der Waals surface area contributed by atoms with Crippen LogP contribution in [0, 0.1) is 0 Å². The number of unbranched alkanes of at least 4 members (excludes halogenated alkanes) is 21. The molecule has 3 unspecified atom stereocenters. The maximum atomic E-state index is 13.5. The van der Waals surface area contributed by atoms with Crippen LogP contribution in [-0.2, 0) is 27.9 Å². The first kappa shape index (κ1) is 68.9. The van der Waals surface area contributed by atoms with Crippen LogP contribution in [-0.4, -0.2) is 74.3 Å². The van der Waals surface area contributed by atoms with Crippen LogP contribution in [0.2, 0.25) is 0 Å². The first-order valence-electron chi connectivity index (χ1n) is 29.1. The fraction of sp³-hybridized carbons (Fsp3) is 0.710. The summed E-state index contributed by atoms with van der Waals surface area (Å²) in [6, 6.07) is -0.881. The number of carbonyl (C=O) groups is 2. The summed E-state index contributed by atoms with van der Waals surface area (Å²) in [6.45, 7) is 6.82. The predicted molar refractivity (Wildman–Crippen MR) is 309 cm³/mol. The van der Waals surface area contributed by atoms with Gasteiger partial charge in [0.05, 0.1) is 33.8 Å². The molecule has 0 aromatic rings. The minimum atomic E-state index is -4.46. The van der Waals surface area contributed by atoms with E-state index in [1.807, 2.05) is 33.3 Å². The quantitative estimate of drug-likeness (QED) is 0.0205. The van der Waals surface area contributed by atoms with E-state index in [2.05, 4.69) is 111 Å². The highest BCUT2D eigenvalue weighted by Crippen LogP contribution is 2.43. The molecule has 0 saturated heterocycles. The molecule has 0 heterocycles. The molecule has 0 radical (unpaired) electrons. The van der Waals surface area contributed by atoms with Crippen molar-refractivity contribution in [2.45, 2.75) is 245 Å². The Morgan fingerprint density at radius 3 is 1.36 bits per heavy atom. The zero-order valence-corrected chi connectivity index (χ0v) is 48.0. The Kier molecular flexibility index (Phi) is 49.2. The summed E-state index contributed by atoms with van der Waals surface area (Å²) in [7, 11) is 1.45. The van der Waals surface area contributed by atoms with Gasteiger partial charge in [0.25, 0.3) is 0 Å². The van der Waals surface area contributed by atoms with Gasteiger partial charge in [-0.3, -0.25) is 18.6 Å². The Morgan fingerprint density at radius 2 is 0.889 bits per heavy atom. The molecule has 3 atom stereocenters. The largest absolute Gasteiger partial charge is 0.472 e. The predicted octanol–water partition coefficient (Wildman–Crippen LogP) is 17.6. The third-order valence-electron chi connectivity index (χ3n) is 12.3. The number of phosphoric ester groups is 1. The van der Waals surface area contributed by atoms with E-state index in [9.17, 15) is 19.0 Å². The summed E-state index contributed by atoms with van der Waals surface area (Å²) in [5.74, 6) is -0.581. The molecule has 72 heavy (non-hydrogen) atoms. The molecule has 0 saturated carbocycles. The van der Waals surface area contributed by atoms with Gasteiger partial charge >= 0.3 is 13.8 Å². The summed E-state index contributed by atoms with van der Waals surface area (Å²) in [4.78, 5) is 37.5. The number of likely N-dealkylation sites (N-methyl/N-ethyl adjacent to an activating group) is 1. The van der Waals surface area contributed by atoms with Crippen molar-refractivity contribution in [1.82, 2.24) is 5.32 Å². The van der Waals surface area contributed by atoms with Crippen LogP contribution in [0.25, 0.3) is 0 Å². The van der Waals surface area contributed by atoms with Gasteiger partial charge in [-0.05, 0) is 109 Å². The molecular weight excluding hydrogens is 916 g/mol. The number of ether oxygens (including phenoxy) is 1. The number of rotatable bonds is 51. The smallest absolute Gasteiger partial charge is 0.456 e. The Hall–Kier alpha value is -3.07. The van der Waals surface area contributed by atoms with Crippen LogP contribution in [0.15, 0.2) is 97.2 Å². The summed E-state index contributed by atoms with van der Waals surface area (Å²) < 4.78 is 30.5. The van der Waals surface area contributed by atoms with Crippen molar-refractivity contribution in [1.29, 1.82) is 0 Å². The van der Waals surface area contributed by atoms with Crippen LogP contribution in [0.1, 0.15) is 233 Å². The number of nitrogens with one attached hydrogen (secondary N) is 1. The van der Waals surface area contributed by atoms with Gasteiger partial charge in [0.15, 0.2) is 0 Å². The second-order valence-corrected chi connectivity index (χ2v) is 21.9. The van der Waals surface area contributed by atoms with Crippen molar-refractivity contribution in [3.8, 4) is 0 Å². The first-order chi connectivity index (χ1) is 34.9. The van der Waals surface area contributed by atoms with Crippen molar-refractivity contribution in [3.05, 3.63) is 97.2 Å². The normalized spacial score (nSPS) is 14.5. The maximum Gasteiger partial charge on any atom is 0.472 e. The molecule has 0 aromatic heterocycles. The van der Waals surface area contributed by atoms with Crippen molar-refractivity contribution >= 4 is 19.7 Å². The third kappa shape index (κ3) is 51.8. The standard InChI is InChI=1S/C62H109N2O7P/c1-7-10-13-16-19-22-25-27-29-30-31-32-33-34-35-36-39-42-45-48-51-54-61(65)63-59(58-70-72(67,68)69-57-56-64(4,5)6)60(53-50-47-44-41-38-24-21-18-15-12-9-3)71-62(66)55-52-49-46-43-40-37-28-26-23-20-17-14-11-8-2/h10,13,19,22,27,29,31-32,34-35,37,39-40,42,50,53,59-60H,7-9,11-12,14-18,20-21,23-26,28,30,33,36,38,41,43-49,51-52,54-58H2,1-6H3,(H-,63,65,67,68)/p+1/b13-10-,22-19-,29-27-,32-31-,35-34-,40-37-,42-39-,53-50-. The molecule has 2 N–H and O–H groups in total. The highest BCUT2D eigenvalue weighted by molar-refractivity contribution is 7.47. The van der Waals surface area contributed by atoms with Crippen LogP contribution in [0.4, 0.5) is 0 Å². The lowest BCUT2D eigenvalue weighted by atomic mass is 10.1. The zero-order valence-electron chi connectivity index (χ0n) is 47.1. The number of nitrogens with zero attached hydrogens (tertiary/aromatic N) is 1. The molecule has 414 valence electrons. The summed E-state index contributed by atoms with van der Waals surface area (Å²) in [5.41, 5.74) is 0. The monoisotopic (exact) mass is 1030 g/mol. The first-order valence-corrected chi connectivity index (χ1v) is 30.6. The number of quaternary nitrogens is 1. The molecule has 0 aliphatic rings. The number of amides is 1. The lowest BCUT2D eigenvalue weighted by Gasteiger charge is -2.27. The van der Waals surface area contributed by atoms with Crippen LogP contribution >= 0.6 is 7.82 Å². The lowest BCUT2D eigenvalue weighted by Crippen LogP contribution is -2.47. The van der Waals surface area contributed by atoms with E-state index in [-0.39, 0.29) is 37.9 Å². The maximum absolute atomic E-state index is 13.5. The number of hydrogen-bond donors (Lipinski definition) is 2. The van der Waals surface area contributed by atoms with Gasteiger partial charge in [0.2, 0.25) is 5.91 Å². The van der Waals surface area contributed by atoms with Crippen molar-refractivity contribution in [3.63, 3.8) is 0 Å². The van der Waals surface area contributed by atoms with Crippen molar-refractivity contribution in [2.75, 3.05) is 40.9 Å². The average Bonchev–Trinajstić information content (AvgIpc) is 3.34. The van der Waals surface area contributed by atoms with Gasteiger partial charge in [-0.2, -0.15) is 0 Å². The van der Waals surface area contributed by atoms with Crippen LogP contribution in [0.5, 0.6) is 0 Å².